The van der Waals surface area contributed by atoms with Crippen molar-refractivity contribution in [2.24, 2.45) is 0 Å². The van der Waals surface area contributed by atoms with E-state index in [9.17, 15) is 9.59 Å². The van der Waals surface area contributed by atoms with Gasteiger partial charge in [0.2, 0.25) is 0 Å². The molecule has 0 atom stereocenters. The van der Waals surface area contributed by atoms with Crippen LogP contribution in [0.15, 0.2) is 100 Å². The number of thioether (sulfide) groups is 1. The fourth-order valence-electron chi connectivity index (χ4n) is 4.60. The Morgan fingerprint density at radius 1 is 0.737 bits per heavy atom. The summed E-state index contributed by atoms with van der Waals surface area (Å²) in [5.74, 6) is -0.173. The number of hydrogen-bond acceptors (Lipinski definition) is 6. The van der Waals surface area contributed by atoms with E-state index in [-0.39, 0.29) is 11.8 Å². The standard InChI is InChI=1S/C30H31N3O4S/c1-18-26(29(34)32-22-10-6-8-12-24(22)36-3)28(20-14-16-21(38-5)17-15-20)27(19(2)31-18)30(35)33-23-11-7-9-13-25(23)37-4/h6-17,28,31H,1-5H3,(H,32,34)(H,33,35). The third-order valence-electron chi connectivity index (χ3n) is 6.41. The molecule has 7 nitrogen and oxygen atoms in total. The zero-order chi connectivity index (χ0) is 27.2. The molecular weight excluding hydrogens is 498 g/mol. The highest BCUT2D eigenvalue weighted by molar-refractivity contribution is 7.98. The molecule has 0 aliphatic carbocycles. The zero-order valence-electron chi connectivity index (χ0n) is 22.0. The van der Waals surface area contributed by atoms with Crippen molar-refractivity contribution in [3.63, 3.8) is 0 Å². The molecule has 0 fully saturated rings. The van der Waals surface area contributed by atoms with E-state index >= 15 is 0 Å². The third-order valence-corrected chi connectivity index (χ3v) is 7.15. The van der Waals surface area contributed by atoms with Gasteiger partial charge < -0.3 is 25.4 Å². The molecule has 1 aliphatic rings. The summed E-state index contributed by atoms with van der Waals surface area (Å²) in [7, 11) is 3.11. The maximum atomic E-state index is 13.8. The van der Waals surface area contributed by atoms with Crippen LogP contribution in [0, 0.1) is 0 Å². The summed E-state index contributed by atoms with van der Waals surface area (Å²) in [6.45, 7) is 3.69. The highest BCUT2D eigenvalue weighted by atomic mass is 32.2. The predicted octanol–water partition coefficient (Wildman–Crippen LogP) is 5.94. The van der Waals surface area contributed by atoms with E-state index < -0.39 is 5.92 Å². The number of anilines is 2. The van der Waals surface area contributed by atoms with Crippen LogP contribution in [0.5, 0.6) is 11.5 Å². The number of rotatable bonds is 8. The zero-order valence-corrected chi connectivity index (χ0v) is 22.9. The quantitative estimate of drug-likeness (QED) is 0.313. The van der Waals surface area contributed by atoms with Crippen LogP contribution >= 0.6 is 11.8 Å². The number of para-hydroxylation sites is 4. The van der Waals surface area contributed by atoms with Crippen LogP contribution in [0.3, 0.4) is 0 Å². The normalized spacial score (nSPS) is 13.6. The van der Waals surface area contributed by atoms with Crippen LogP contribution in [0.1, 0.15) is 25.3 Å². The monoisotopic (exact) mass is 529 g/mol. The van der Waals surface area contributed by atoms with Gasteiger partial charge in [0.25, 0.3) is 11.8 Å². The average Bonchev–Trinajstić information content (AvgIpc) is 2.93. The molecule has 0 saturated heterocycles. The van der Waals surface area contributed by atoms with Crippen LogP contribution in [0.2, 0.25) is 0 Å². The molecule has 1 heterocycles. The number of benzene rings is 3. The second kappa shape index (κ2) is 11.9. The van der Waals surface area contributed by atoms with Gasteiger partial charge in [-0.05, 0) is 62.1 Å². The molecule has 0 spiro atoms. The Morgan fingerprint density at radius 3 is 1.61 bits per heavy atom. The fourth-order valence-corrected chi connectivity index (χ4v) is 5.01. The van der Waals surface area contributed by atoms with Gasteiger partial charge in [0.05, 0.1) is 25.6 Å². The van der Waals surface area contributed by atoms with Gasteiger partial charge in [0.15, 0.2) is 0 Å². The number of allylic oxidation sites excluding steroid dienone is 2. The molecule has 3 aromatic rings. The van der Waals surface area contributed by atoms with E-state index in [2.05, 4.69) is 16.0 Å². The number of hydrogen-bond donors (Lipinski definition) is 3. The van der Waals surface area contributed by atoms with Crippen molar-refractivity contribution in [2.45, 2.75) is 24.7 Å². The Hall–Kier alpha value is -4.17. The third kappa shape index (κ3) is 5.55. The fraction of sp³-hybridized carbons (Fsp3) is 0.200. The van der Waals surface area contributed by atoms with Crippen LogP contribution in [0.4, 0.5) is 11.4 Å². The smallest absolute Gasteiger partial charge is 0.254 e. The molecule has 196 valence electrons. The molecule has 38 heavy (non-hydrogen) atoms. The lowest BCUT2D eigenvalue weighted by molar-refractivity contribution is -0.113. The Morgan fingerprint density at radius 2 is 1.18 bits per heavy atom. The van der Waals surface area contributed by atoms with Crippen molar-refractivity contribution >= 4 is 35.0 Å². The van der Waals surface area contributed by atoms with E-state index in [1.165, 1.54) is 0 Å². The average molecular weight is 530 g/mol. The minimum absolute atomic E-state index is 0.325. The number of amides is 2. The SMILES string of the molecule is COc1ccccc1NC(=O)C1=C(C)NC(C)=C(C(=O)Nc2ccccc2OC)C1c1ccc(SC)cc1. The Bertz CT molecular complexity index is 1330. The van der Waals surface area contributed by atoms with E-state index in [1.807, 2.05) is 68.6 Å². The molecule has 3 aromatic carbocycles. The first-order valence-electron chi connectivity index (χ1n) is 12.1. The maximum Gasteiger partial charge on any atom is 0.254 e. The first-order chi connectivity index (χ1) is 18.4. The second-order valence-electron chi connectivity index (χ2n) is 8.72. The van der Waals surface area contributed by atoms with Gasteiger partial charge in [-0.3, -0.25) is 9.59 Å². The lowest BCUT2D eigenvalue weighted by atomic mass is 9.79. The summed E-state index contributed by atoms with van der Waals surface area (Å²) in [6.07, 6.45) is 2.01. The summed E-state index contributed by atoms with van der Waals surface area (Å²) >= 11 is 1.63. The lowest BCUT2D eigenvalue weighted by Gasteiger charge is -2.31. The number of dihydropyridines is 1. The minimum atomic E-state index is -0.614. The maximum absolute atomic E-state index is 13.8. The van der Waals surface area contributed by atoms with Crippen LogP contribution in [-0.4, -0.2) is 32.3 Å². The van der Waals surface area contributed by atoms with Gasteiger partial charge in [0, 0.05) is 33.4 Å². The molecule has 4 rings (SSSR count). The van der Waals surface area contributed by atoms with Crippen molar-refractivity contribution in [1.29, 1.82) is 0 Å². The number of ether oxygens (including phenoxy) is 2. The van der Waals surface area contributed by atoms with Crippen molar-refractivity contribution < 1.29 is 19.1 Å². The minimum Gasteiger partial charge on any atom is -0.495 e. The van der Waals surface area contributed by atoms with Crippen LogP contribution in [0.25, 0.3) is 0 Å². The number of carbonyl (C=O) groups excluding carboxylic acids is 2. The van der Waals surface area contributed by atoms with E-state index in [1.54, 1.807) is 50.2 Å². The van der Waals surface area contributed by atoms with Crippen LogP contribution in [-0.2, 0) is 9.59 Å². The summed E-state index contributed by atoms with van der Waals surface area (Å²) in [5.41, 5.74) is 4.15. The number of nitrogens with one attached hydrogen (secondary N) is 3. The predicted molar refractivity (Wildman–Crippen MR) is 153 cm³/mol. The van der Waals surface area contributed by atoms with Gasteiger partial charge in [-0.2, -0.15) is 0 Å². The summed E-state index contributed by atoms with van der Waals surface area (Å²) in [4.78, 5) is 28.8. The molecule has 0 unspecified atom stereocenters. The summed E-state index contributed by atoms with van der Waals surface area (Å²) in [5, 5.41) is 9.24. The molecule has 0 radical (unpaired) electrons. The summed E-state index contributed by atoms with van der Waals surface area (Å²) in [6, 6.07) is 22.4. The Balaban J connectivity index is 1.78. The van der Waals surface area contributed by atoms with Gasteiger partial charge in [-0.1, -0.05) is 36.4 Å². The number of carbonyl (C=O) groups is 2. The molecule has 8 heteroatoms. The Labute approximate surface area is 227 Å². The summed E-state index contributed by atoms with van der Waals surface area (Å²) < 4.78 is 10.9. The van der Waals surface area contributed by atoms with Crippen molar-refractivity contribution in [1.82, 2.24) is 5.32 Å². The molecule has 3 N–H and O–H groups in total. The first-order valence-corrected chi connectivity index (χ1v) is 13.3. The lowest BCUT2D eigenvalue weighted by Crippen LogP contribution is -2.35. The molecule has 0 bridgehead atoms. The number of methoxy groups -OCH3 is 2. The van der Waals surface area contributed by atoms with E-state index in [0.29, 0.717) is 45.4 Å². The topological polar surface area (TPSA) is 88.7 Å². The Kier molecular flexibility index (Phi) is 8.43. The molecule has 0 aromatic heterocycles. The molecule has 2 amide bonds. The van der Waals surface area contributed by atoms with Gasteiger partial charge >= 0.3 is 0 Å². The van der Waals surface area contributed by atoms with Crippen molar-refractivity contribution in [2.75, 3.05) is 31.1 Å². The van der Waals surface area contributed by atoms with E-state index in [4.69, 9.17) is 9.47 Å². The van der Waals surface area contributed by atoms with Crippen molar-refractivity contribution in [3.8, 4) is 11.5 Å². The largest absolute Gasteiger partial charge is 0.495 e. The van der Waals surface area contributed by atoms with Gasteiger partial charge in [-0.25, -0.2) is 0 Å². The first kappa shape index (κ1) is 26.9. The highest BCUT2D eigenvalue weighted by Crippen LogP contribution is 2.40. The molecular formula is C30H31N3O4S. The van der Waals surface area contributed by atoms with Gasteiger partial charge in [0.1, 0.15) is 11.5 Å². The second-order valence-corrected chi connectivity index (χ2v) is 9.60. The van der Waals surface area contributed by atoms with Gasteiger partial charge in [-0.15, -0.1) is 11.8 Å². The van der Waals surface area contributed by atoms with Crippen LogP contribution < -0.4 is 25.4 Å². The molecule has 0 saturated carbocycles. The highest BCUT2D eigenvalue weighted by Gasteiger charge is 2.37. The van der Waals surface area contributed by atoms with E-state index in [0.717, 1.165) is 10.5 Å². The molecule has 1 aliphatic heterocycles. The van der Waals surface area contributed by atoms with Crippen molar-refractivity contribution in [3.05, 3.63) is 101 Å².